The predicted octanol–water partition coefficient (Wildman–Crippen LogP) is -1.83. The molecule has 0 radical (unpaired) electrons. The Hall–Kier alpha value is 1.58. The zero-order valence-electron chi connectivity index (χ0n) is 16.7. The molecule has 0 fully saturated rings. The van der Waals surface area contributed by atoms with Gasteiger partial charge in [-0.15, -0.1) is 0 Å². The fourth-order valence-corrected chi connectivity index (χ4v) is 2.49. The van der Waals surface area contributed by atoms with Crippen LogP contribution in [0.15, 0.2) is 0 Å². The number of rotatable bonds is 9. The summed E-state index contributed by atoms with van der Waals surface area (Å²) < 4.78 is 0. The molecule has 0 aliphatic rings. The smallest absolute Gasteiger partial charge is 1.00 e. The molecule has 0 aromatic rings. The average Bonchev–Trinajstić information content (AvgIpc) is 2.25. The van der Waals surface area contributed by atoms with Crippen molar-refractivity contribution < 1.29 is 104 Å². The van der Waals surface area contributed by atoms with E-state index in [1.54, 1.807) is 20.8 Å². The molecule has 0 bridgehead atoms. The van der Waals surface area contributed by atoms with Crippen molar-refractivity contribution in [1.82, 2.24) is 0 Å². The molecule has 0 aromatic heterocycles. The zero-order chi connectivity index (χ0) is 15.1. The maximum atomic E-state index is 11.5. The predicted molar refractivity (Wildman–Crippen MR) is 77.4 cm³/mol. The van der Waals surface area contributed by atoms with Crippen LogP contribution in [0.1, 0.15) is 75.5 Å². The molecule has 0 heterocycles. The number of hydrogen-bond acceptors (Lipinski definition) is 2. The third-order valence-electron chi connectivity index (χ3n) is 3.92. The minimum Gasteiger partial charge on any atom is -1.00 e. The molecule has 0 saturated carbocycles. The molecule has 0 spiro atoms. The zero-order valence-corrected chi connectivity index (χ0v) is 19.8. The summed E-state index contributed by atoms with van der Waals surface area (Å²) >= 11 is 0. The second kappa shape index (κ2) is 12.9. The quantitative estimate of drug-likeness (QED) is 0.295. The van der Waals surface area contributed by atoms with Crippen LogP contribution in [0.5, 0.6) is 0 Å². The normalized spacial score (nSPS) is 11.2. The van der Waals surface area contributed by atoms with Crippen molar-refractivity contribution >= 4 is 11.9 Å². The molecular weight excluding hydrogens is 306 g/mol. The van der Waals surface area contributed by atoms with Crippen molar-refractivity contribution in [2.45, 2.75) is 72.6 Å². The summed E-state index contributed by atoms with van der Waals surface area (Å²) in [4.78, 5) is 23.0. The molecule has 0 atom stereocenters. The molecule has 0 saturated heterocycles. The number of aliphatic carboxylic acids is 2. The first-order valence-corrected chi connectivity index (χ1v) is 7.17. The van der Waals surface area contributed by atoms with Crippen LogP contribution in [-0.4, -0.2) is 22.2 Å². The Labute approximate surface area is 196 Å². The van der Waals surface area contributed by atoms with Gasteiger partial charge in [-0.2, -0.15) is 0 Å². The van der Waals surface area contributed by atoms with Crippen LogP contribution in [0.25, 0.3) is 0 Å². The molecule has 21 heavy (non-hydrogen) atoms. The van der Waals surface area contributed by atoms with Crippen molar-refractivity contribution in [2.75, 3.05) is 0 Å². The monoisotopic (exact) mass is 336 g/mol. The Morgan fingerprint density at radius 3 is 1.62 bits per heavy atom. The second-order valence-corrected chi connectivity index (χ2v) is 6.28. The first-order chi connectivity index (χ1) is 8.70. The van der Waals surface area contributed by atoms with E-state index < -0.39 is 22.8 Å². The van der Waals surface area contributed by atoms with Crippen LogP contribution in [0.4, 0.5) is 0 Å². The van der Waals surface area contributed by atoms with E-state index in [1.807, 2.05) is 0 Å². The molecule has 116 valence electrons. The van der Waals surface area contributed by atoms with Gasteiger partial charge < -0.3 is 13.1 Å². The van der Waals surface area contributed by atoms with Crippen molar-refractivity contribution in [3.63, 3.8) is 0 Å². The van der Waals surface area contributed by atoms with E-state index in [9.17, 15) is 19.8 Å². The number of unbranched alkanes of at least 4 members (excludes halogenated alkanes) is 5. The Kier molecular flexibility index (Phi) is 16.9. The van der Waals surface area contributed by atoms with Crippen LogP contribution >= 0.6 is 0 Å². The third-order valence-corrected chi connectivity index (χ3v) is 3.92. The Morgan fingerprint density at radius 2 is 1.29 bits per heavy atom. The SMILES string of the molecule is CCCCCCCCC(C(=O)O)(C(=O)O)C(C)(C)C.[H-].[H-].[K+].[Na+]. The summed E-state index contributed by atoms with van der Waals surface area (Å²) in [6, 6.07) is 0. The standard InChI is InChI=1S/C15H28O4.K.Na.2H/c1-5-6-7-8-9-10-11-15(12(16)17,13(18)19)14(2,3)4;;;;/h5-11H2,1-4H3,(H,16,17)(H,18,19);;;;/q;2*+1;2*-1. The van der Waals surface area contributed by atoms with E-state index in [0.29, 0.717) is 6.42 Å². The molecule has 0 rings (SSSR count). The van der Waals surface area contributed by atoms with Crippen LogP contribution in [0.2, 0.25) is 0 Å². The fourth-order valence-electron chi connectivity index (χ4n) is 2.49. The Morgan fingerprint density at radius 1 is 0.905 bits per heavy atom. The molecule has 0 amide bonds. The van der Waals surface area contributed by atoms with Gasteiger partial charge in [-0.1, -0.05) is 66.2 Å². The largest absolute Gasteiger partial charge is 1.00 e. The summed E-state index contributed by atoms with van der Waals surface area (Å²) in [5.74, 6) is -2.44. The van der Waals surface area contributed by atoms with Gasteiger partial charge in [0.2, 0.25) is 0 Å². The summed E-state index contributed by atoms with van der Waals surface area (Å²) in [5.41, 5.74) is -2.48. The van der Waals surface area contributed by atoms with Gasteiger partial charge in [0.1, 0.15) is 0 Å². The van der Waals surface area contributed by atoms with Crippen molar-refractivity contribution in [3.05, 3.63) is 0 Å². The van der Waals surface area contributed by atoms with Crippen LogP contribution in [0.3, 0.4) is 0 Å². The summed E-state index contributed by atoms with van der Waals surface area (Å²) in [6.45, 7) is 7.20. The average molecular weight is 336 g/mol. The molecule has 2 N–H and O–H groups in total. The Bertz CT molecular complexity index is 309. The molecule has 0 aromatic carbocycles. The summed E-state index contributed by atoms with van der Waals surface area (Å²) in [6.07, 6.45) is 6.29. The molecule has 0 aliphatic heterocycles. The van der Waals surface area contributed by atoms with Gasteiger partial charge in [0.05, 0.1) is 0 Å². The Balaban J connectivity index is -0.000000270. The van der Waals surface area contributed by atoms with Crippen LogP contribution < -0.4 is 80.9 Å². The van der Waals surface area contributed by atoms with E-state index in [-0.39, 0.29) is 90.2 Å². The first kappa shape index (κ1) is 27.4. The van der Waals surface area contributed by atoms with Gasteiger partial charge in [-0.3, -0.25) is 9.59 Å². The van der Waals surface area contributed by atoms with Crippen molar-refractivity contribution in [1.29, 1.82) is 0 Å². The minimum absolute atomic E-state index is 0. The molecule has 6 heteroatoms. The van der Waals surface area contributed by atoms with Crippen LogP contribution in [0, 0.1) is 10.8 Å². The summed E-state index contributed by atoms with van der Waals surface area (Å²) in [5, 5.41) is 18.8. The molecule has 0 unspecified atom stereocenters. The van der Waals surface area contributed by atoms with E-state index in [4.69, 9.17) is 0 Å². The molecular formula is C15H30KNaO4. The van der Waals surface area contributed by atoms with Crippen molar-refractivity contribution in [2.24, 2.45) is 10.8 Å². The maximum Gasteiger partial charge on any atom is 1.00 e. The number of carboxylic acid groups (broad SMARTS) is 2. The molecule has 4 nitrogen and oxygen atoms in total. The van der Waals surface area contributed by atoms with Gasteiger partial charge >= 0.3 is 92.9 Å². The van der Waals surface area contributed by atoms with E-state index in [1.165, 1.54) is 6.42 Å². The van der Waals surface area contributed by atoms with Crippen molar-refractivity contribution in [3.8, 4) is 0 Å². The second-order valence-electron chi connectivity index (χ2n) is 6.28. The van der Waals surface area contributed by atoms with Gasteiger partial charge in [-0.25, -0.2) is 0 Å². The molecule has 0 aliphatic carbocycles. The van der Waals surface area contributed by atoms with Gasteiger partial charge in [0, 0.05) is 0 Å². The van der Waals surface area contributed by atoms with E-state index in [0.717, 1.165) is 25.7 Å². The minimum atomic E-state index is -1.68. The number of hydrogen-bond donors (Lipinski definition) is 2. The topological polar surface area (TPSA) is 74.6 Å². The number of carbonyl (C=O) groups is 2. The van der Waals surface area contributed by atoms with Gasteiger partial charge in [0.15, 0.2) is 5.41 Å². The van der Waals surface area contributed by atoms with E-state index in [2.05, 4.69) is 6.92 Å². The number of carboxylic acids is 2. The maximum absolute atomic E-state index is 11.5. The van der Waals surface area contributed by atoms with E-state index >= 15 is 0 Å². The fraction of sp³-hybridized carbons (Fsp3) is 0.867. The van der Waals surface area contributed by atoms with Gasteiger partial charge in [0.25, 0.3) is 0 Å². The van der Waals surface area contributed by atoms with Gasteiger partial charge in [-0.05, 0) is 11.8 Å². The third kappa shape index (κ3) is 8.29. The summed E-state index contributed by atoms with van der Waals surface area (Å²) in [7, 11) is 0. The van der Waals surface area contributed by atoms with Crippen LogP contribution in [-0.2, 0) is 9.59 Å². The first-order valence-electron chi connectivity index (χ1n) is 7.17.